The van der Waals surface area contributed by atoms with Crippen molar-refractivity contribution in [1.29, 1.82) is 0 Å². The molecule has 0 heterocycles. The Labute approximate surface area is 163 Å². The highest BCUT2D eigenvalue weighted by Gasteiger charge is 2.23. The summed E-state index contributed by atoms with van der Waals surface area (Å²) in [6.45, 7) is 5.46. The Bertz CT molecular complexity index is 877. The second-order valence-corrected chi connectivity index (χ2v) is 6.67. The van der Waals surface area contributed by atoms with Crippen LogP contribution in [0.5, 0.6) is 0 Å². The smallest absolute Gasteiger partial charge is 0.292 e. The molecule has 1 atom stereocenters. The molecule has 28 heavy (non-hydrogen) atoms. The monoisotopic (exact) mass is 384 g/mol. The Kier molecular flexibility index (Phi) is 6.84. The molecule has 0 spiro atoms. The molecule has 0 bridgehead atoms. The fraction of sp³-hybridized carbons (Fsp3) is 0.300. The van der Waals surface area contributed by atoms with Crippen LogP contribution in [0.4, 0.5) is 17.1 Å². The summed E-state index contributed by atoms with van der Waals surface area (Å²) in [5.74, 6) is -0.679. The molecule has 1 unspecified atom stereocenters. The van der Waals surface area contributed by atoms with Crippen molar-refractivity contribution < 1.29 is 14.5 Å². The SMILES string of the molecule is Cc1cccc(C)c1NC(=O)CN(C)C(C)C(=O)Nc1ccccc1[N+](=O)[O-]. The predicted molar refractivity (Wildman–Crippen MR) is 108 cm³/mol. The standard InChI is InChI=1S/C20H24N4O4/c1-13-8-7-9-14(2)19(13)22-18(25)12-23(4)15(3)20(26)21-16-10-5-6-11-17(16)24(27)28/h5-11,15H,12H2,1-4H3,(H,21,26)(H,22,25). The number of carbonyl (C=O) groups is 2. The van der Waals surface area contributed by atoms with Gasteiger partial charge in [-0.15, -0.1) is 0 Å². The van der Waals surface area contributed by atoms with E-state index in [1.165, 1.54) is 18.2 Å². The van der Waals surface area contributed by atoms with Gasteiger partial charge in [-0.05, 0) is 45.0 Å². The first-order valence-electron chi connectivity index (χ1n) is 8.81. The third kappa shape index (κ3) is 5.14. The van der Waals surface area contributed by atoms with Gasteiger partial charge in [0, 0.05) is 11.8 Å². The van der Waals surface area contributed by atoms with Gasteiger partial charge in [0.15, 0.2) is 0 Å². The molecule has 2 rings (SSSR count). The summed E-state index contributed by atoms with van der Waals surface area (Å²) >= 11 is 0. The van der Waals surface area contributed by atoms with Crippen LogP contribution in [-0.4, -0.2) is 41.3 Å². The van der Waals surface area contributed by atoms with Crippen LogP contribution in [0.3, 0.4) is 0 Å². The number of likely N-dealkylation sites (N-methyl/N-ethyl adjacent to an activating group) is 1. The van der Waals surface area contributed by atoms with Crippen LogP contribution >= 0.6 is 0 Å². The number of nitrogens with zero attached hydrogens (tertiary/aromatic N) is 2. The molecule has 0 saturated heterocycles. The summed E-state index contributed by atoms with van der Waals surface area (Å²) in [6.07, 6.45) is 0. The Balaban J connectivity index is 2.00. The van der Waals surface area contributed by atoms with E-state index in [0.717, 1.165) is 16.8 Å². The number of benzene rings is 2. The first-order chi connectivity index (χ1) is 13.2. The maximum Gasteiger partial charge on any atom is 0.292 e. The molecule has 0 aromatic heterocycles. The van der Waals surface area contributed by atoms with Crippen molar-refractivity contribution in [2.45, 2.75) is 26.8 Å². The second kappa shape index (κ2) is 9.09. The molecule has 148 valence electrons. The van der Waals surface area contributed by atoms with E-state index >= 15 is 0 Å². The molecule has 2 aromatic carbocycles. The topological polar surface area (TPSA) is 105 Å². The molecular weight excluding hydrogens is 360 g/mol. The number of aryl methyl sites for hydroxylation is 2. The molecule has 0 aliphatic heterocycles. The van der Waals surface area contributed by atoms with E-state index in [1.54, 1.807) is 24.9 Å². The van der Waals surface area contributed by atoms with Gasteiger partial charge in [-0.2, -0.15) is 0 Å². The van der Waals surface area contributed by atoms with Gasteiger partial charge in [0.25, 0.3) is 5.69 Å². The lowest BCUT2D eigenvalue weighted by molar-refractivity contribution is -0.383. The summed E-state index contributed by atoms with van der Waals surface area (Å²) in [5, 5.41) is 16.5. The summed E-state index contributed by atoms with van der Waals surface area (Å²) in [5.41, 5.74) is 2.62. The van der Waals surface area contributed by atoms with Gasteiger partial charge in [-0.3, -0.25) is 24.6 Å². The van der Waals surface area contributed by atoms with E-state index in [-0.39, 0.29) is 23.8 Å². The van der Waals surface area contributed by atoms with E-state index in [9.17, 15) is 19.7 Å². The predicted octanol–water partition coefficient (Wildman–Crippen LogP) is 3.11. The molecule has 2 amide bonds. The average molecular weight is 384 g/mol. The minimum absolute atomic E-state index is 0.000750. The fourth-order valence-electron chi connectivity index (χ4n) is 2.73. The van der Waals surface area contributed by atoms with Crippen molar-refractivity contribution in [3.8, 4) is 0 Å². The van der Waals surface area contributed by atoms with Crippen molar-refractivity contribution in [2.24, 2.45) is 0 Å². The number of rotatable bonds is 7. The van der Waals surface area contributed by atoms with Crippen LogP contribution in [0.25, 0.3) is 0 Å². The quantitative estimate of drug-likeness (QED) is 0.564. The molecule has 2 aromatic rings. The van der Waals surface area contributed by atoms with Crippen LogP contribution in [0.1, 0.15) is 18.1 Å². The van der Waals surface area contributed by atoms with Crippen molar-refractivity contribution >= 4 is 28.9 Å². The van der Waals surface area contributed by atoms with E-state index in [1.807, 2.05) is 32.0 Å². The zero-order valence-corrected chi connectivity index (χ0v) is 16.4. The van der Waals surface area contributed by atoms with Gasteiger partial charge in [-0.1, -0.05) is 30.3 Å². The van der Waals surface area contributed by atoms with Crippen LogP contribution in [-0.2, 0) is 9.59 Å². The average Bonchev–Trinajstić information content (AvgIpc) is 2.64. The molecule has 8 nitrogen and oxygen atoms in total. The van der Waals surface area contributed by atoms with E-state index in [2.05, 4.69) is 10.6 Å². The highest BCUT2D eigenvalue weighted by molar-refractivity contribution is 5.97. The van der Waals surface area contributed by atoms with Gasteiger partial charge >= 0.3 is 0 Å². The lowest BCUT2D eigenvalue weighted by atomic mass is 10.1. The Morgan fingerprint density at radius 2 is 1.68 bits per heavy atom. The van der Waals surface area contributed by atoms with E-state index in [4.69, 9.17) is 0 Å². The van der Waals surface area contributed by atoms with Gasteiger partial charge in [0.05, 0.1) is 17.5 Å². The van der Waals surface area contributed by atoms with E-state index < -0.39 is 16.9 Å². The number of para-hydroxylation sites is 3. The largest absolute Gasteiger partial charge is 0.324 e. The Morgan fingerprint density at radius 1 is 1.07 bits per heavy atom. The molecule has 0 saturated carbocycles. The number of nitro benzene ring substituents is 1. The van der Waals surface area contributed by atoms with Crippen molar-refractivity contribution in [2.75, 3.05) is 24.2 Å². The lowest BCUT2D eigenvalue weighted by Gasteiger charge is -2.23. The number of anilines is 2. The number of amides is 2. The zero-order valence-electron chi connectivity index (χ0n) is 16.4. The van der Waals surface area contributed by atoms with Crippen molar-refractivity contribution in [1.82, 2.24) is 4.90 Å². The Morgan fingerprint density at radius 3 is 2.29 bits per heavy atom. The first kappa shape index (κ1) is 21.0. The molecule has 0 aliphatic rings. The first-order valence-corrected chi connectivity index (χ1v) is 8.81. The van der Waals surface area contributed by atoms with Gasteiger partial charge in [-0.25, -0.2) is 0 Å². The van der Waals surface area contributed by atoms with Crippen LogP contribution < -0.4 is 10.6 Å². The number of hydrogen-bond donors (Lipinski definition) is 2. The van der Waals surface area contributed by atoms with Gasteiger partial charge < -0.3 is 10.6 Å². The van der Waals surface area contributed by atoms with Gasteiger partial charge in [0.2, 0.25) is 11.8 Å². The highest BCUT2D eigenvalue weighted by Crippen LogP contribution is 2.23. The summed E-state index contributed by atoms with van der Waals surface area (Å²) in [6, 6.07) is 11.0. The van der Waals surface area contributed by atoms with Crippen molar-refractivity contribution in [3.63, 3.8) is 0 Å². The third-order valence-corrected chi connectivity index (χ3v) is 4.54. The second-order valence-electron chi connectivity index (χ2n) is 6.67. The summed E-state index contributed by atoms with van der Waals surface area (Å²) < 4.78 is 0. The van der Waals surface area contributed by atoms with Gasteiger partial charge in [0.1, 0.15) is 5.69 Å². The number of carbonyl (C=O) groups excluding carboxylic acids is 2. The highest BCUT2D eigenvalue weighted by atomic mass is 16.6. The minimum atomic E-state index is -0.663. The molecule has 0 fully saturated rings. The number of nitrogens with one attached hydrogen (secondary N) is 2. The summed E-state index contributed by atoms with van der Waals surface area (Å²) in [4.78, 5) is 36.9. The molecule has 8 heteroatoms. The van der Waals surface area contributed by atoms with Crippen LogP contribution in [0.15, 0.2) is 42.5 Å². The molecule has 2 N–H and O–H groups in total. The van der Waals surface area contributed by atoms with Crippen molar-refractivity contribution in [3.05, 3.63) is 63.7 Å². The molecular formula is C20H24N4O4. The lowest BCUT2D eigenvalue weighted by Crippen LogP contribution is -2.43. The maximum atomic E-state index is 12.5. The molecule has 0 radical (unpaired) electrons. The third-order valence-electron chi connectivity index (χ3n) is 4.54. The zero-order chi connectivity index (χ0) is 20.8. The Hall–Kier alpha value is -3.26. The molecule has 0 aliphatic carbocycles. The normalized spacial score (nSPS) is 11.8. The van der Waals surface area contributed by atoms with Crippen LogP contribution in [0.2, 0.25) is 0 Å². The van der Waals surface area contributed by atoms with E-state index in [0.29, 0.717) is 0 Å². The fourth-order valence-corrected chi connectivity index (χ4v) is 2.73. The summed E-state index contributed by atoms with van der Waals surface area (Å²) in [7, 11) is 1.65. The maximum absolute atomic E-state index is 12.5. The van der Waals surface area contributed by atoms with Crippen LogP contribution in [0, 0.1) is 24.0 Å². The minimum Gasteiger partial charge on any atom is -0.324 e. The number of hydrogen-bond acceptors (Lipinski definition) is 5. The number of nitro groups is 1.